The molecule has 0 spiro atoms. The van der Waals surface area contributed by atoms with Crippen molar-refractivity contribution in [1.29, 1.82) is 5.26 Å². The summed E-state index contributed by atoms with van der Waals surface area (Å²) < 4.78 is 0. The highest BCUT2D eigenvalue weighted by Crippen LogP contribution is 2.37. The number of carboxylic acid groups (broad SMARTS) is 1. The van der Waals surface area contributed by atoms with Gasteiger partial charge in [0, 0.05) is 13.1 Å². The molecule has 0 aromatic heterocycles. The van der Waals surface area contributed by atoms with E-state index in [2.05, 4.69) is 11.0 Å². The van der Waals surface area contributed by atoms with Crippen molar-refractivity contribution < 1.29 is 9.90 Å². The first kappa shape index (κ1) is 14.4. The Balaban J connectivity index is 2.30. The maximum Gasteiger partial charge on any atom is 0.311 e. The van der Waals surface area contributed by atoms with Crippen LogP contribution < -0.4 is 4.90 Å². The third-order valence-electron chi connectivity index (χ3n) is 4.12. The Labute approximate surface area is 119 Å². The summed E-state index contributed by atoms with van der Waals surface area (Å²) in [5.74, 6) is -0.710. The maximum absolute atomic E-state index is 11.7. The van der Waals surface area contributed by atoms with E-state index in [9.17, 15) is 15.2 Å². The highest BCUT2D eigenvalue weighted by molar-refractivity contribution is 5.76. The first-order valence-electron chi connectivity index (χ1n) is 7.10. The molecule has 4 nitrogen and oxygen atoms in total. The SMILES string of the molecule is CCCC1(C(=O)O)CCCN(c2ccccc2C#N)C1. The molecule has 1 heterocycles. The third kappa shape index (κ3) is 2.62. The highest BCUT2D eigenvalue weighted by Gasteiger charge is 2.41. The molecular weight excluding hydrogens is 252 g/mol. The highest BCUT2D eigenvalue weighted by atomic mass is 16.4. The van der Waals surface area contributed by atoms with Crippen LogP contribution in [0.2, 0.25) is 0 Å². The molecule has 1 fully saturated rings. The summed E-state index contributed by atoms with van der Waals surface area (Å²) in [7, 11) is 0. The number of aliphatic carboxylic acids is 1. The second kappa shape index (κ2) is 5.96. The topological polar surface area (TPSA) is 64.3 Å². The van der Waals surface area contributed by atoms with Gasteiger partial charge in [-0.25, -0.2) is 0 Å². The molecule has 0 amide bonds. The van der Waals surface area contributed by atoms with Crippen LogP contribution in [0.5, 0.6) is 0 Å². The molecular formula is C16H20N2O2. The maximum atomic E-state index is 11.7. The summed E-state index contributed by atoms with van der Waals surface area (Å²) in [5.41, 5.74) is 0.803. The molecule has 0 bridgehead atoms. The third-order valence-corrected chi connectivity index (χ3v) is 4.12. The Bertz CT molecular complexity index is 532. The molecule has 1 atom stereocenters. The Morgan fingerprint density at radius 1 is 1.50 bits per heavy atom. The van der Waals surface area contributed by atoms with Gasteiger partial charge < -0.3 is 10.0 Å². The monoisotopic (exact) mass is 272 g/mol. The van der Waals surface area contributed by atoms with Gasteiger partial charge in [-0.1, -0.05) is 25.5 Å². The number of benzene rings is 1. The van der Waals surface area contributed by atoms with E-state index in [-0.39, 0.29) is 0 Å². The predicted molar refractivity (Wildman–Crippen MR) is 77.6 cm³/mol. The van der Waals surface area contributed by atoms with Crippen molar-refractivity contribution >= 4 is 11.7 Å². The van der Waals surface area contributed by atoms with Gasteiger partial charge in [0.1, 0.15) is 6.07 Å². The first-order valence-corrected chi connectivity index (χ1v) is 7.10. The summed E-state index contributed by atoms with van der Waals surface area (Å²) in [5, 5.41) is 18.8. The minimum Gasteiger partial charge on any atom is -0.481 e. The number of carboxylic acids is 1. The molecule has 0 radical (unpaired) electrons. The van der Waals surface area contributed by atoms with E-state index in [1.54, 1.807) is 6.07 Å². The van der Waals surface area contributed by atoms with Gasteiger partial charge in [0.2, 0.25) is 0 Å². The summed E-state index contributed by atoms with van der Waals surface area (Å²) in [4.78, 5) is 13.8. The summed E-state index contributed by atoms with van der Waals surface area (Å²) in [6.07, 6.45) is 3.13. The van der Waals surface area contributed by atoms with Gasteiger partial charge in [-0.2, -0.15) is 5.26 Å². The van der Waals surface area contributed by atoms with Gasteiger partial charge in [0.05, 0.1) is 16.7 Å². The molecule has 1 N–H and O–H groups in total. The van der Waals surface area contributed by atoms with Crippen molar-refractivity contribution in [2.24, 2.45) is 5.41 Å². The predicted octanol–water partition coefficient (Wildman–Crippen LogP) is 3.03. The lowest BCUT2D eigenvalue weighted by Crippen LogP contribution is -2.48. The van der Waals surface area contributed by atoms with Gasteiger partial charge >= 0.3 is 5.97 Å². The Morgan fingerprint density at radius 2 is 2.25 bits per heavy atom. The molecule has 1 aromatic carbocycles. The molecule has 1 aromatic rings. The van der Waals surface area contributed by atoms with Crippen molar-refractivity contribution in [3.8, 4) is 6.07 Å². The Hall–Kier alpha value is -2.02. The average Bonchev–Trinajstić information content (AvgIpc) is 2.47. The number of hydrogen-bond acceptors (Lipinski definition) is 3. The van der Waals surface area contributed by atoms with Gasteiger partial charge in [-0.05, 0) is 31.4 Å². The Kier molecular flexibility index (Phi) is 4.29. The molecule has 0 aliphatic carbocycles. The summed E-state index contributed by atoms with van der Waals surface area (Å²) in [6, 6.07) is 9.61. The molecule has 4 heteroatoms. The molecule has 1 aliphatic rings. The molecule has 1 unspecified atom stereocenters. The average molecular weight is 272 g/mol. The van der Waals surface area contributed by atoms with Crippen LogP contribution in [0, 0.1) is 16.7 Å². The van der Waals surface area contributed by atoms with Crippen LogP contribution in [-0.4, -0.2) is 24.2 Å². The van der Waals surface area contributed by atoms with E-state index >= 15 is 0 Å². The quantitative estimate of drug-likeness (QED) is 0.915. The molecule has 2 rings (SSSR count). The fourth-order valence-electron chi connectivity index (χ4n) is 3.15. The summed E-state index contributed by atoms with van der Waals surface area (Å²) in [6.45, 7) is 3.33. The minimum absolute atomic E-state index is 0.495. The summed E-state index contributed by atoms with van der Waals surface area (Å²) >= 11 is 0. The number of hydrogen-bond donors (Lipinski definition) is 1. The van der Waals surface area contributed by atoms with E-state index in [1.165, 1.54) is 0 Å². The molecule has 20 heavy (non-hydrogen) atoms. The van der Waals surface area contributed by atoms with E-state index in [0.717, 1.165) is 31.5 Å². The van der Waals surface area contributed by atoms with Crippen LogP contribution in [0.25, 0.3) is 0 Å². The van der Waals surface area contributed by atoms with E-state index in [4.69, 9.17) is 0 Å². The van der Waals surface area contributed by atoms with Gasteiger partial charge in [-0.3, -0.25) is 4.79 Å². The second-order valence-corrected chi connectivity index (χ2v) is 5.49. The lowest BCUT2D eigenvalue weighted by atomic mass is 9.76. The lowest BCUT2D eigenvalue weighted by Gasteiger charge is -2.41. The Morgan fingerprint density at radius 3 is 2.90 bits per heavy atom. The molecule has 1 saturated heterocycles. The van der Waals surface area contributed by atoms with E-state index in [1.807, 2.05) is 25.1 Å². The smallest absolute Gasteiger partial charge is 0.311 e. The number of rotatable bonds is 4. The van der Waals surface area contributed by atoms with Crippen molar-refractivity contribution in [2.75, 3.05) is 18.0 Å². The molecule has 1 aliphatic heterocycles. The number of para-hydroxylation sites is 1. The van der Waals surface area contributed by atoms with Gasteiger partial charge in [0.25, 0.3) is 0 Å². The zero-order valence-electron chi connectivity index (χ0n) is 11.8. The van der Waals surface area contributed by atoms with Crippen molar-refractivity contribution in [2.45, 2.75) is 32.6 Å². The number of piperidine rings is 1. The minimum atomic E-state index is -0.710. The van der Waals surface area contributed by atoms with Crippen LogP contribution in [0.4, 0.5) is 5.69 Å². The van der Waals surface area contributed by atoms with Crippen molar-refractivity contribution in [1.82, 2.24) is 0 Å². The van der Waals surface area contributed by atoms with E-state index in [0.29, 0.717) is 18.5 Å². The van der Waals surface area contributed by atoms with Gasteiger partial charge in [0.15, 0.2) is 0 Å². The first-order chi connectivity index (χ1) is 9.63. The van der Waals surface area contributed by atoms with Crippen LogP contribution in [0.1, 0.15) is 38.2 Å². The van der Waals surface area contributed by atoms with Crippen molar-refractivity contribution in [3.63, 3.8) is 0 Å². The zero-order valence-corrected chi connectivity index (χ0v) is 11.8. The van der Waals surface area contributed by atoms with Crippen LogP contribution in [-0.2, 0) is 4.79 Å². The second-order valence-electron chi connectivity index (χ2n) is 5.49. The largest absolute Gasteiger partial charge is 0.481 e. The number of anilines is 1. The molecule has 106 valence electrons. The standard InChI is InChI=1S/C16H20N2O2/c1-2-8-16(15(19)20)9-5-10-18(12-16)14-7-4-3-6-13(14)11-17/h3-4,6-7H,2,5,8-10,12H2,1H3,(H,19,20). The molecule has 0 saturated carbocycles. The number of nitrogens with zero attached hydrogens (tertiary/aromatic N) is 2. The number of nitriles is 1. The fourth-order valence-corrected chi connectivity index (χ4v) is 3.15. The normalized spacial score (nSPS) is 22.3. The number of carbonyl (C=O) groups is 1. The zero-order chi connectivity index (χ0) is 14.6. The van der Waals surface area contributed by atoms with Crippen LogP contribution >= 0.6 is 0 Å². The van der Waals surface area contributed by atoms with Crippen molar-refractivity contribution in [3.05, 3.63) is 29.8 Å². The van der Waals surface area contributed by atoms with Crippen LogP contribution in [0.3, 0.4) is 0 Å². The van der Waals surface area contributed by atoms with Gasteiger partial charge in [-0.15, -0.1) is 0 Å². The van der Waals surface area contributed by atoms with E-state index < -0.39 is 11.4 Å². The fraction of sp³-hybridized carbons (Fsp3) is 0.500. The lowest BCUT2D eigenvalue weighted by molar-refractivity contribution is -0.150. The van der Waals surface area contributed by atoms with Crippen LogP contribution in [0.15, 0.2) is 24.3 Å².